The first-order valence-electron chi connectivity index (χ1n) is 17.2. The number of nitrogens with zero attached hydrogens (tertiary/aromatic N) is 3. The Labute approximate surface area is 296 Å². The van der Waals surface area contributed by atoms with Crippen LogP contribution in [0.25, 0.3) is 73.8 Å². The van der Waals surface area contributed by atoms with Gasteiger partial charge in [0, 0.05) is 44.1 Å². The minimum absolute atomic E-state index is 0.970. The SMILES string of the molecule is C=C/C=c1/c2cc(N(c3ccc(-c4ccccc4)cc3)c3ccc(-n4c5ccccc5c5ccccc54)cc3)ccc2n2/c(=C/C=C)c(=C)cc12. The number of hydrogen-bond donors (Lipinski definition) is 0. The van der Waals surface area contributed by atoms with Crippen LogP contribution >= 0.6 is 0 Å². The van der Waals surface area contributed by atoms with E-state index >= 15 is 0 Å². The molecule has 0 fully saturated rings. The Balaban J connectivity index is 1.23. The fraction of sp³-hybridized carbons (Fsp3) is 0. The third kappa shape index (κ3) is 4.90. The number of fused-ring (bicyclic) bond motifs is 6. The van der Waals surface area contributed by atoms with Gasteiger partial charge in [-0.1, -0.05) is 117 Å². The fourth-order valence-electron chi connectivity index (χ4n) is 7.66. The second-order valence-corrected chi connectivity index (χ2v) is 12.8. The van der Waals surface area contributed by atoms with E-state index in [0.29, 0.717) is 0 Å². The molecule has 0 saturated heterocycles. The van der Waals surface area contributed by atoms with Crippen LogP contribution < -0.4 is 20.7 Å². The predicted molar refractivity (Wildman–Crippen MR) is 219 cm³/mol. The van der Waals surface area contributed by atoms with Crippen molar-refractivity contribution in [2.75, 3.05) is 4.90 Å². The Kier molecular flexibility index (Phi) is 7.26. The summed E-state index contributed by atoms with van der Waals surface area (Å²) in [6, 6.07) is 54.4. The molecule has 0 amide bonds. The predicted octanol–water partition coefficient (Wildman–Crippen LogP) is 10.4. The molecular weight excluding hydrogens is 619 g/mol. The van der Waals surface area contributed by atoms with Gasteiger partial charge in [0.05, 0.1) is 27.4 Å². The van der Waals surface area contributed by atoms with Crippen molar-refractivity contribution in [1.29, 1.82) is 0 Å². The molecular formula is C48H35N3. The van der Waals surface area contributed by atoms with E-state index < -0.39 is 0 Å². The van der Waals surface area contributed by atoms with E-state index in [-0.39, 0.29) is 0 Å². The zero-order valence-electron chi connectivity index (χ0n) is 28.2. The number of anilines is 3. The number of hydrogen-bond acceptors (Lipinski definition) is 1. The molecule has 3 heterocycles. The summed E-state index contributed by atoms with van der Waals surface area (Å²) in [4.78, 5) is 2.34. The summed E-state index contributed by atoms with van der Waals surface area (Å²) < 4.78 is 4.64. The largest absolute Gasteiger partial charge is 0.310 e. The van der Waals surface area contributed by atoms with Crippen LogP contribution in [-0.2, 0) is 0 Å². The van der Waals surface area contributed by atoms with Crippen LogP contribution in [0.15, 0.2) is 177 Å². The molecule has 0 N–H and O–H groups in total. The molecule has 9 rings (SSSR count). The van der Waals surface area contributed by atoms with Gasteiger partial charge in [0.15, 0.2) is 0 Å². The van der Waals surface area contributed by atoms with Crippen LogP contribution in [0, 0.1) is 0 Å². The lowest BCUT2D eigenvalue weighted by Gasteiger charge is -2.26. The molecule has 3 nitrogen and oxygen atoms in total. The van der Waals surface area contributed by atoms with E-state index in [1.54, 1.807) is 0 Å². The molecule has 0 atom stereocenters. The Bertz CT molecular complexity index is 2890. The van der Waals surface area contributed by atoms with Gasteiger partial charge in [0.25, 0.3) is 0 Å². The molecule has 0 aliphatic carbocycles. The molecule has 6 aromatic carbocycles. The minimum Gasteiger partial charge on any atom is -0.310 e. The summed E-state index contributed by atoms with van der Waals surface area (Å²) in [5.41, 5.74) is 11.3. The minimum atomic E-state index is 0.970. The van der Waals surface area contributed by atoms with Crippen molar-refractivity contribution in [2.45, 2.75) is 0 Å². The number of benzene rings is 6. The molecule has 0 radical (unpaired) electrons. The normalized spacial score (nSPS) is 12.4. The van der Waals surface area contributed by atoms with Crippen molar-refractivity contribution in [3.63, 3.8) is 0 Å². The molecule has 3 heteroatoms. The van der Waals surface area contributed by atoms with E-state index in [1.807, 2.05) is 18.2 Å². The summed E-state index contributed by atoms with van der Waals surface area (Å²) in [5, 5.41) is 6.78. The first kappa shape index (κ1) is 30.2. The summed E-state index contributed by atoms with van der Waals surface area (Å²) in [6.07, 6.45) is 7.81. The smallest absolute Gasteiger partial charge is 0.0547 e. The van der Waals surface area contributed by atoms with Crippen molar-refractivity contribution in [2.24, 2.45) is 0 Å². The lowest BCUT2D eigenvalue weighted by molar-refractivity contribution is 1.17. The first-order valence-corrected chi connectivity index (χ1v) is 17.2. The van der Waals surface area contributed by atoms with Crippen molar-refractivity contribution >= 4 is 74.0 Å². The summed E-state index contributed by atoms with van der Waals surface area (Å²) in [5.74, 6) is 0. The quantitative estimate of drug-likeness (QED) is 0.167. The van der Waals surface area contributed by atoms with Gasteiger partial charge in [-0.2, -0.15) is 0 Å². The Morgan fingerprint density at radius 1 is 0.471 bits per heavy atom. The van der Waals surface area contributed by atoms with E-state index in [9.17, 15) is 0 Å². The number of para-hydroxylation sites is 2. The average molecular weight is 654 g/mol. The van der Waals surface area contributed by atoms with Crippen LogP contribution in [-0.4, -0.2) is 8.97 Å². The molecule has 0 bridgehead atoms. The molecule has 0 spiro atoms. The highest BCUT2D eigenvalue weighted by Crippen LogP contribution is 2.38. The molecule has 0 aliphatic rings. The van der Waals surface area contributed by atoms with E-state index in [1.165, 1.54) is 32.9 Å². The highest BCUT2D eigenvalue weighted by Gasteiger charge is 2.18. The van der Waals surface area contributed by atoms with Gasteiger partial charge in [0.2, 0.25) is 0 Å². The van der Waals surface area contributed by atoms with Crippen LogP contribution in [0.5, 0.6) is 0 Å². The first-order chi connectivity index (χ1) is 25.1. The number of aromatic nitrogens is 2. The standard InChI is InChI=1S/C48H35N3/c1-4-13-40-43-32-39(29-30-47(43)51-44(14-5-2)33(3)31-48(40)51)49(36-23-21-35(22-24-36)34-15-7-6-8-16-34)37-25-27-38(28-26-37)50-45-19-11-9-17-41(45)42-18-10-12-20-46(42)50/h4-32H,1-3H2/b40-13-,44-14+. The molecule has 0 aliphatic heterocycles. The maximum atomic E-state index is 4.32. The molecule has 3 aromatic heterocycles. The third-order valence-electron chi connectivity index (χ3n) is 9.91. The van der Waals surface area contributed by atoms with Crippen LogP contribution in [0.3, 0.4) is 0 Å². The number of allylic oxidation sites excluding steroid dienone is 2. The molecule has 51 heavy (non-hydrogen) atoms. The average Bonchev–Trinajstić information content (AvgIpc) is 3.79. The van der Waals surface area contributed by atoms with Gasteiger partial charge in [0.1, 0.15) is 0 Å². The second-order valence-electron chi connectivity index (χ2n) is 12.8. The van der Waals surface area contributed by atoms with Crippen molar-refractivity contribution < 1.29 is 0 Å². The maximum absolute atomic E-state index is 4.32. The van der Waals surface area contributed by atoms with Gasteiger partial charge in [-0.25, -0.2) is 0 Å². The van der Waals surface area contributed by atoms with Gasteiger partial charge in [-0.3, -0.25) is 0 Å². The zero-order valence-corrected chi connectivity index (χ0v) is 28.2. The van der Waals surface area contributed by atoms with E-state index in [4.69, 9.17) is 0 Å². The summed E-state index contributed by atoms with van der Waals surface area (Å²) in [7, 11) is 0. The topological polar surface area (TPSA) is 12.6 Å². The lowest BCUT2D eigenvalue weighted by Crippen LogP contribution is -2.23. The fourth-order valence-corrected chi connectivity index (χ4v) is 7.66. The number of rotatable bonds is 7. The summed E-state index contributed by atoms with van der Waals surface area (Å²) in [6.45, 7) is 12.3. The van der Waals surface area contributed by atoms with Crippen LogP contribution in [0.1, 0.15) is 0 Å². The molecule has 9 aromatic rings. The van der Waals surface area contributed by atoms with Gasteiger partial charge >= 0.3 is 0 Å². The van der Waals surface area contributed by atoms with Gasteiger partial charge in [-0.05, 0) is 95.2 Å². The highest BCUT2D eigenvalue weighted by molar-refractivity contribution is 6.09. The van der Waals surface area contributed by atoms with Gasteiger partial charge < -0.3 is 13.9 Å². The molecule has 0 saturated carbocycles. The van der Waals surface area contributed by atoms with Crippen molar-refractivity contribution in [3.8, 4) is 16.8 Å². The Morgan fingerprint density at radius 3 is 1.69 bits per heavy atom. The van der Waals surface area contributed by atoms with Crippen molar-refractivity contribution in [1.82, 2.24) is 8.97 Å². The lowest BCUT2D eigenvalue weighted by atomic mass is 10.0. The molecule has 242 valence electrons. The molecule has 0 unspecified atom stereocenters. The van der Waals surface area contributed by atoms with Gasteiger partial charge in [-0.15, -0.1) is 0 Å². The zero-order chi connectivity index (χ0) is 34.5. The van der Waals surface area contributed by atoms with Crippen LogP contribution in [0.4, 0.5) is 17.1 Å². The van der Waals surface area contributed by atoms with Crippen LogP contribution in [0.2, 0.25) is 0 Å². The Hall–Kier alpha value is -6.84. The van der Waals surface area contributed by atoms with Crippen molar-refractivity contribution in [3.05, 3.63) is 193 Å². The maximum Gasteiger partial charge on any atom is 0.0547 e. The highest BCUT2D eigenvalue weighted by atomic mass is 15.1. The second kappa shape index (κ2) is 12.2. The Morgan fingerprint density at radius 2 is 1.04 bits per heavy atom. The van der Waals surface area contributed by atoms with E-state index in [0.717, 1.165) is 55.0 Å². The monoisotopic (exact) mass is 653 g/mol. The summed E-state index contributed by atoms with van der Waals surface area (Å²) >= 11 is 0. The third-order valence-corrected chi connectivity index (χ3v) is 9.91. The van der Waals surface area contributed by atoms with E-state index in [2.05, 4.69) is 191 Å².